The third-order valence-corrected chi connectivity index (χ3v) is 6.45. The van der Waals surface area contributed by atoms with Gasteiger partial charge < -0.3 is 20.1 Å². The number of rotatable bonds is 5. The number of piperazine rings is 1. The minimum atomic E-state index is -0.622. The molecule has 7 heteroatoms. The van der Waals surface area contributed by atoms with E-state index in [0.717, 1.165) is 43.7 Å². The number of ether oxygens (including phenoxy) is 1. The van der Waals surface area contributed by atoms with Gasteiger partial charge in [0.05, 0.1) is 12.1 Å². The first-order chi connectivity index (χ1) is 14.7. The molecule has 0 aromatic heterocycles. The van der Waals surface area contributed by atoms with Crippen LogP contribution in [-0.4, -0.2) is 77.7 Å². The highest BCUT2D eigenvalue weighted by atomic mass is 16.5. The maximum atomic E-state index is 12.6. The molecule has 0 radical (unpaired) electrons. The van der Waals surface area contributed by atoms with E-state index < -0.39 is 6.10 Å². The van der Waals surface area contributed by atoms with Gasteiger partial charge in [0.2, 0.25) is 5.91 Å². The van der Waals surface area contributed by atoms with Gasteiger partial charge in [-0.2, -0.15) is 0 Å². The lowest BCUT2D eigenvalue weighted by Gasteiger charge is -2.45. The van der Waals surface area contributed by atoms with Crippen LogP contribution in [0.2, 0.25) is 0 Å². The predicted octanol–water partition coefficient (Wildman–Crippen LogP) is 1.93. The van der Waals surface area contributed by atoms with Gasteiger partial charge in [-0.05, 0) is 36.3 Å². The molecule has 3 rings (SSSR count). The highest BCUT2D eigenvalue weighted by molar-refractivity contribution is 5.78. The molecule has 1 heterocycles. The number of carbonyl (C=O) groups is 2. The molecule has 2 amide bonds. The van der Waals surface area contributed by atoms with Gasteiger partial charge in [-0.25, -0.2) is 0 Å². The number of para-hydroxylation sites is 1. The zero-order valence-electron chi connectivity index (χ0n) is 19.3. The van der Waals surface area contributed by atoms with Crippen molar-refractivity contribution in [1.82, 2.24) is 15.1 Å². The van der Waals surface area contributed by atoms with E-state index >= 15 is 0 Å². The molecule has 0 unspecified atom stereocenters. The average molecular weight is 432 g/mol. The summed E-state index contributed by atoms with van der Waals surface area (Å²) >= 11 is 0. The lowest BCUT2D eigenvalue weighted by atomic mass is 9.86. The van der Waals surface area contributed by atoms with Gasteiger partial charge in [-0.15, -0.1) is 0 Å². The molecule has 1 aromatic rings. The molecule has 1 saturated carbocycles. The summed E-state index contributed by atoms with van der Waals surface area (Å²) in [4.78, 5) is 28.3. The standard InChI is InChI=1S/C24H37N3O4/c1-17(28)26-12-14-27(15-13-26)20-10-7-9-19(23(20)30)25-22(29)16-31-21-11-6-5-8-18(21)24(2,3)4/h5-6,8,11,19-20,23,30H,7,9-10,12-16H2,1-4H3,(H,25,29)/t19-,20-,23-/m1/s1. The molecular weight excluding hydrogens is 394 g/mol. The van der Waals surface area contributed by atoms with Crippen LogP contribution in [0.25, 0.3) is 0 Å². The van der Waals surface area contributed by atoms with Crippen LogP contribution in [0.4, 0.5) is 0 Å². The van der Waals surface area contributed by atoms with E-state index in [1.165, 1.54) is 0 Å². The molecule has 1 aliphatic carbocycles. The minimum Gasteiger partial charge on any atom is -0.483 e. The second-order valence-corrected chi connectivity index (χ2v) is 9.74. The van der Waals surface area contributed by atoms with Crippen LogP contribution >= 0.6 is 0 Å². The van der Waals surface area contributed by atoms with Crippen LogP contribution in [0.5, 0.6) is 5.75 Å². The summed E-state index contributed by atoms with van der Waals surface area (Å²) in [6.07, 6.45) is 2.00. The number of carbonyl (C=O) groups excluding carboxylic acids is 2. The van der Waals surface area contributed by atoms with Crippen LogP contribution < -0.4 is 10.1 Å². The van der Waals surface area contributed by atoms with Crippen molar-refractivity contribution in [2.45, 2.75) is 70.6 Å². The fraction of sp³-hybridized carbons (Fsp3) is 0.667. The smallest absolute Gasteiger partial charge is 0.258 e. The molecule has 0 bridgehead atoms. The third-order valence-electron chi connectivity index (χ3n) is 6.45. The number of nitrogens with zero attached hydrogens (tertiary/aromatic N) is 2. The van der Waals surface area contributed by atoms with Crippen molar-refractivity contribution < 1.29 is 19.4 Å². The fourth-order valence-corrected chi connectivity index (χ4v) is 4.69. The second kappa shape index (κ2) is 10.0. The van der Waals surface area contributed by atoms with Gasteiger partial charge in [-0.1, -0.05) is 39.0 Å². The van der Waals surface area contributed by atoms with E-state index in [0.29, 0.717) is 13.1 Å². The van der Waals surface area contributed by atoms with Gasteiger partial charge in [0, 0.05) is 39.1 Å². The van der Waals surface area contributed by atoms with Crippen LogP contribution in [0, 0.1) is 0 Å². The van der Waals surface area contributed by atoms with Crippen molar-refractivity contribution in [2.24, 2.45) is 0 Å². The molecule has 1 saturated heterocycles. The summed E-state index contributed by atoms with van der Waals surface area (Å²) in [6.45, 7) is 10.8. The number of hydrogen-bond acceptors (Lipinski definition) is 5. The molecule has 3 atom stereocenters. The molecule has 172 valence electrons. The Bertz CT molecular complexity index is 768. The van der Waals surface area contributed by atoms with Crippen LogP contribution in [-0.2, 0) is 15.0 Å². The van der Waals surface area contributed by atoms with Crippen molar-refractivity contribution in [2.75, 3.05) is 32.8 Å². The molecule has 0 spiro atoms. The lowest BCUT2D eigenvalue weighted by molar-refractivity contribution is -0.132. The molecule has 7 nitrogen and oxygen atoms in total. The van der Waals surface area contributed by atoms with E-state index in [1.807, 2.05) is 29.2 Å². The summed E-state index contributed by atoms with van der Waals surface area (Å²) in [5.41, 5.74) is 0.983. The second-order valence-electron chi connectivity index (χ2n) is 9.74. The van der Waals surface area contributed by atoms with Crippen molar-refractivity contribution in [3.63, 3.8) is 0 Å². The number of aliphatic hydroxyl groups is 1. The Labute approximate surface area is 185 Å². The monoisotopic (exact) mass is 431 g/mol. The number of aliphatic hydroxyl groups excluding tert-OH is 1. The van der Waals surface area contributed by atoms with Gasteiger partial charge >= 0.3 is 0 Å². The maximum Gasteiger partial charge on any atom is 0.258 e. The van der Waals surface area contributed by atoms with Crippen LogP contribution in [0.3, 0.4) is 0 Å². The number of hydrogen-bond donors (Lipinski definition) is 2. The molecule has 1 aromatic carbocycles. The van der Waals surface area contributed by atoms with Crippen LogP contribution in [0.15, 0.2) is 24.3 Å². The van der Waals surface area contributed by atoms with E-state index in [9.17, 15) is 14.7 Å². The Balaban J connectivity index is 1.53. The average Bonchev–Trinajstić information content (AvgIpc) is 2.73. The zero-order chi connectivity index (χ0) is 22.6. The largest absolute Gasteiger partial charge is 0.483 e. The summed E-state index contributed by atoms with van der Waals surface area (Å²) < 4.78 is 5.84. The first kappa shape index (κ1) is 23.5. The first-order valence-electron chi connectivity index (χ1n) is 11.4. The van der Waals surface area contributed by atoms with Crippen molar-refractivity contribution in [1.29, 1.82) is 0 Å². The Morgan fingerprint density at radius 3 is 2.45 bits per heavy atom. The van der Waals surface area contributed by atoms with E-state index in [1.54, 1.807) is 6.92 Å². The Kier molecular flexibility index (Phi) is 7.59. The SMILES string of the molecule is CC(=O)N1CCN([C@@H]2CCC[C@@H](NC(=O)COc3ccccc3C(C)(C)C)[C@H]2O)CC1. The fourth-order valence-electron chi connectivity index (χ4n) is 4.69. The Hall–Kier alpha value is -2.12. The van der Waals surface area contributed by atoms with Gasteiger partial charge in [0.1, 0.15) is 5.75 Å². The highest BCUT2D eigenvalue weighted by Crippen LogP contribution is 2.31. The van der Waals surface area contributed by atoms with Crippen molar-refractivity contribution in [3.05, 3.63) is 29.8 Å². The van der Waals surface area contributed by atoms with Gasteiger partial charge in [0.15, 0.2) is 6.61 Å². The lowest BCUT2D eigenvalue weighted by Crippen LogP contribution is -2.60. The molecule has 2 fully saturated rings. The summed E-state index contributed by atoms with van der Waals surface area (Å²) in [5.74, 6) is 0.604. The Morgan fingerprint density at radius 2 is 1.81 bits per heavy atom. The van der Waals surface area contributed by atoms with E-state index in [4.69, 9.17) is 4.74 Å². The van der Waals surface area contributed by atoms with E-state index in [-0.39, 0.29) is 35.9 Å². The number of nitrogens with one attached hydrogen (secondary N) is 1. The van der Waals surface area contributed by atoms with Gasteiger partial charge in [0.25, 0.3) is 5.91 Å². The van der Waals surface area contributed by atoms with Crippen molar-refractivity contribution in [3.8, 4) is 5.75 Å². The summed E-state index contributed by atoms with van der Waals surface area (Å²) in [5, 5.41) is 14.0. The normalized spacial score (nSPS) is 25.2. The third kappa shape index (κ3) is 5.98. The van der Waals surface area contributed by atoms with Crippen LogP contribution in [0.1, 0.15) is 52.5 Å². The number of amides is 2. The number of benzene rings is 1. The molecule has 2 N–H and O–H groups in total. The maximum absolute atomic E-state index is 12.6. The first-order valence-corrected chi connectivity index (χ1v) is 11.4. The zero-order valence-corrected chi connectivity index (χ0v) is 19.3. The molecule has 31 heavy (non-hydrogen) atoms. The highest BCUT2D eigenvalue weighted by Gasteiger charge is 2.37. The summed E-state index contributed by atoms with van der Waals surface area (Å²) in [6, 6.07) is 7.52. The van der Waals surface area contributed by atoms with Gasteiger partial charge in [-0.3, -0.25) is 14.5 Å². The molecule has 2 aliphatic rings. The quantitative estimate of drug-likeness (QED) is 0.745. The Morgan fingerprint density at radius 1 is 1.13 bits per heavy atom. The minimum absolute atomic E-state index is 0.00990. The molecular formula is C24H37N3O4. The predicted molar refractivity (Wildman–Crippen MR) is 120 cm³/mol. The molecule has 1 aliphatic heterocycles. The topological polar surface area (TPSA) is 82.1 Å². The van der Waals surface area contributed by atoms with Crippen molar-refractivity contribution >= 4 is 11.8 Å². The summed E-state index contributed by atoms with van der Waals surface area (Å²) in [7, 11) is 0. The van der Waals surface area contributed by atoms with E-state index in [2.05, 4.69) is 31.0 Å².